The van der Waals surface area contributed by atoms with Crippen molar-refractivity contribution in [2.45, 2.75) is 26.9 Å². The second-order valence-electron chi connectivity index (χ2n) is 3.66. The van der Waals surface area contributed by atoms with Crippen LogP contribution >= 0.6 is 0 Å². The van der Waals surface area contributed by atoms with E-state index in [9.17, 15) is 9.18 Å². The van der Waals surface area contributed by atoms with Crippen molar-refractivity contribution in [2.75, 3.05) is 7.11 Å². The van der Waals surface area contributed by atoms with Gasteiger partial charge in [0, 0.05) is 6.42 Å². The Morgan fingerprint density at radius 3 is 2.73 bits per heavy atom. The number of alkyl halides is 1. The van der Waals surface area contributed by atoms with Gasteiger partial charge in [0.1, 0.15) is 12.4 Å². The van der Waals surface area contributed by atoms with Gasteiger partial charge in [0.05, 0.1) is 12.7 Å². The zero-order chi connectivity index (χ0) is 11.4. The van der Waals surface area contributed by atoms with Crippen molar-refractivity contribution in [3.05, 3.63) is 17.0 Å². The quantitative estimate of drug-likeness (QED) is 0.722. The van der Waals surface area contributed by atoms with Gasteiger partial charge in [0.15, 0.2) is 5.69 Å². The molecule has 0 saturated heterocycles. The van der Waals surface area contributed by atoms with Crippen molar-refractivity contribution in [1.29, 1.82) is 0 Å². The van der Waals surface area contributed by atoms with Gasteiger partial charge >= 0.3 is 5.97 Å². The number of ether oxygens (including phenoxy) is 1. The summed E-state index contributed by atoms with van der Waals surface area (Å²) in [6, 6.07) is 0. The summed E-state index contributed by atoms with van der Waals surface area (Å²) in [5.41, 5.74) is 0.145. The lowest BCUT2D eigenvalue weighted by Crippen LogP contribution is -2.05. The van der Waals surface area contributed by atoms with E-state index >= 15 is 0 Å². The number of esters is 1. The maximum atomic E-state index is 12.7. The first-order chi connectivity index (χ1) is 7.10. The van der Waals surface area contributed by atoms with E-state index in [2.05, 4.69) is 9.89 Å². The number of carbonyl (C=O) groups excluding carboxylic acids is 1. The van der Waals surface area contributed by atoms with Gasteiger partial charge in [0.2, 0.25) is 0 Å². The van der Waals surface area contributed by atoms with Crippen LogP contribution in [0.25, 0.3) is 0 Å². The molecule has 0 radical (unpaired) electrons. The predicted molar refractivity (Wildman–Crippen MR) is 51.2 cm³/mol. The Labute approximate surface area is 87.4 Å². The third-order valence-electron chi connectivity index (χ3n) is 1.98. The maximum absolute atomic E-state index is 12.7. The molecule has 84 valence electrons. The van der Waals surface area contributed by atoms with Crippen molar-refractivity contribution in [3.8, 4) is 0 Å². The Morgan fingerprint density at radius 1 is 1.60 bits per heavy atom. The van der Waals surface area contributed by atoms with Crippen LogP contribution in [0.3, 0.4) is 0 Å². The van der Waals surface area contributed by atoms with E-state index in [1.165, 1.54) is 7.11 Å². The van der Waals surface area contributed by atoms with Crippen LogP contribution in [0.5, 0.6) is 0 Å². The SMILES string of the molecule is COC(=O)c1noc(CC(C)C)c1CF. The zero-order valence-electron chi connectivity index (χ0n) is 9.04. The first kappa shape index (κ1) is 11.7. The molecule has 0 unspecified atom stereocenters. The van der Waals surface area contributed by atoms with Crippen LogP contribution in [0, 0.1) is 5.92 Å². The van der Waals surface area contributed by atoms with Gasteiger partial charge in [-0.2, -0.15) is 0 Å². The van der Waals surface area contributed by atoms with E-state index in [0.29, 0.717) is 18.1 Å². The number of aromatic nitrogens is 1. The Morgan fingerprint density at radius 2 is 2.27 bits per heavy atom. The molecule has 1 aromatic heterocycles. The molecule has 0 aliphatic rings. The van der Waals surface area contributed by atoms with E-state index < -0.39 is 12.6 Å². The van der Waals surface area contributed by atoms with Crippen LogP contribution < -0.4 is 0 Å². The Hall–Kier alpha value is -1.39. The second-order valence-corrected chi connectivity index (χ2v) is 3.66. The number of methoxy groups -OCH3 is 1. The molecule has 0 bridgehead atoms. The fraction of sp³-hybridized carbons (Fsp3) is 0.600. The van der Waals surface area contributed by atoms with Gasteiger partial charge < -0.3 is 9.26 Å². The summed E-state index contributed by atoms with van der Waals surface area (Å²) in [6.45, 7) is 3.18. The molecule has 0 spiro atoms. The highest BCUT2D eigenvalue weighted by atomic mass is 19.1. The summed E-state index contributed by atoms with van der Waals surface area (Å²) < 4.78 is 22.1. The molecule has 0 aliphatic heterocycles. The van der Waals surface area contributed by atoms with Crippen molar-refractivity contribution < 1.29 is 18.4 Å². The molecule has 1 aromatic rings. The number of nitrogens with zero attached hydrogens (tertiary/aromatic N) is 1. The average Bonchev–Trinajstić information content (AvgIpc) is 2.58. The zero-order valence-corrected chi connectivity index (χ0v) is 9.04. The number of halogens is 1. The second kappa shape index (κ2) is 4.91. The smallest absolute Gasteiger partial charge is 0.360 e. The first-order valence-electron chi connectivity index (χ1n) is 4.71. The average molecular weight is 215 g/mol. The van der Waals surface area contributed by atoms with Crippen LogP contribution in [-0.2, 0) is 17.8 Å². The molecule has 0 amide bonds. The van der Waals surface area contributed by atoms with E-state index in [-0.39, 0.29) is 11.3 Å². The molecular weight excluding hydrogens is 201 g/mol. The number of rotatable bonds is 4. The third kappa shape index (κ3) is 2.55. The van der Waals surface area contributed by atoms with Gasteiger partial charge in [-0.25, -0.2) is 9.18 Å². The Balaban J connectivity index is 3.00. The fourth-order valence-corrected chi connectivity index (χ4v) is 1.27. The molecule has 0 fully saturated rings. The van der Waals surface area contributed by atoms with Gasteiger partial charge in [-0.05, 0) is 5.92 Å². The molecule has 0 atom stereocenters. The fourth-order valence-electron chi connectivity index (χ4n) is 1.27. The lowest BCUT2D eigenvalue weighted by molar-refractivity contribution is 0.0587. The summed E-state index contributed by atoms with van der Waals surface area (Å²) in [5.74, 6) is 0.0723. The lowest BCUT2D eigenvalue weighted by Gasteiger charge is -2.01. The van der Waals surface area contributed by atoms with Crippen LogP contribution in [0.4, 0.5) is 4.39 Å². The minimum Gasteiger partial charge on any atom is -0.464 e. The highest BCUT2D eigenvalue weighted by Crippen LogP contribution is 2.19. The van der Waals surface area contributed by atoms with Gasteiger partial charge in [0.25, 0.3) is 0 Å². The molecule has 0 aliphatic carbocycles. The summed E-state index contributed by atoms with van der Waals surface area (Å²) in [7, 11) is 1.22. The van der Waals surface area contributed by atoms with Gasteiger partial charge in [-0.15, -0.1) is 0 Å². The molecule has 4 nitrogen and oxygen atoms in total. The molecule has 1 heterocycles. The summed E-state index contributed by atoms with van der Waals surface area (Å²) >= 11 is 0. The Kier molecular flexibility index (Phi) is 3.82. The van der Waals surface area contributed by atoms with E-state index in [0.717, 1.165) is 0 Å². The number of hydrogen-bond donors (Lipinski definition) is 0. The van der Waals surface area contributed by atoms with Gasteiger partial charge in [-0.1, -0.05) is 19.0 Å². The summed E-state index contributed by atoms with van der Waals surface area (Å²) in [6.07, 6.45) is 0.559. The van der Waals surface area contributed by atoms with Crippen molar-refractivity contribution >= 4 is 5.97 Å². The minimum absolute atomic E-state index is 0.0596. The van der Waals surface area contributed by atoms with E-state index in [1.807, 2.05) is 13.8 Å². The summed E-state index contributed by atoms with van der Waals surface area (Å²) in [5, 5.41) is 3.52. The molecule has 15 heavy (non-hydrogen) atoms. The molecule has 0 aromatic carbocycles. The van der Waals surface area contributed by atoms with Crippen molar-refractivity contribution in [2.24, 2.45) is 5.92 Å². The van der Waals surface area contributed by atoms with Crippen LogP contribution in [0.2, 0.25) is 0 Å². The topological polar surface area (TPSA) is 52.3 Å². The molecule has 0 saturated carbocycles. The van der Waals surface area contributed by atoms with Crippen LogP contribution in [0.15, 0.2) is 4.52 Å². The third-order valence-corrected chi connectivity index (χ3v) is 1.98. The van der Waals surface area contributed by atoms with Gasteiger partial charge in [-0.3, -0.25) is 0 Å². The highest BCUT2D eigenvalue weighted by molar-refractivity contribution is 5.88. The number of carbonyl (C=O) groups is 1. The Bertz CT molecular complexity index is 346. The predicted octanol–water partition coefficient (Wildman–Crippen LogP) is 2.13. The molecular formula is C10H14FNO3. The molecule has 1 rings (SSSR count). The largest absolute Gasteiger partial charge is 0.464 e. The highest BCUT2D eigenvalue weighted by Gasteiger charge is 2.22. The number of hydrogen-bond acceptors (Lipinski definition) is 4. The molecule has 0 N–H and O–H groups in total. The van der Waals surface area contributed by atoms with Crippen LogP contribution in [0.1, 0.15) is 35.7 Å². The first-order valence-corrected chi connectivity index (χ1v) is 4.71. The normalized spacial score (nSPS) is 10.7. The van der Waals surface area contributed by atoms with Crippen LogP contribution in [-0.4, -0.2) is 18.2 Å². The van der Waals surface area contributed by atoms with Crippen molar-refractivity contribution in [1.82, 2.24) is 5.16 Å². The van der Waals surface area contributed by atoms with E-state index in [4.69, 9.17) is 4.52 Å². The maximum Gasteiger partial charge on any atom is 0.360 e. The monoisotopic (exact) mass is 215 g/mol. The lowest BCUT2D eigenvalue weighted by atomic mass is 10.0. The van der Waals surface area contributed by atoms with E-state index in [1.54, 1.807) is 0 Å². The minimum atomic E-state index is -0.768. The molecule has 5 heteroatoms. The standard InChI is InChI=1S/C10H14FNO3/c1-6(2)4-8-7(5-11)9(12-15-8)10(13)14-3/h6H,4-5H2,1-3H3. The summed E-state index contributed by atoms with van der Waals surface area (Å²) in [4.78, 5) is 11.2. The van der Waals surface area contributed by atoms with Crippen molar-refractivity contribution in [3.63, 3.8) is 0 Å².